The molecule has 0 aromatic carbocycles. The number of pyridine rings is 1. The Morgan fingerprint density at radius 2 is 2.00 bits per heavy atom. The monoisotopic (exact) mass is 277 g/mol. The van der Waals surface area contributed by atoms with Crippen LogP contribution in [0, 0.1) is 12.3 Å². The van der Waals surface area contributed by atoms with Crippen LogP contribution in [0.5, 0.6) is 0 Å². The van der Waals surface area contributed by atoms with E-state index in [9.17, 15) is 0 Å². The molecular formula is C17H31N3. The predicted molar refractivity (Wildman–Crippen MR) is 86.8 cm³/mol. The Morgan fingerprint density at radius 3 is 2.55 bits per heavy atom. The Bertz CT molecular complexity index is 401. The summed E-state index contributed by atoms with van der Waals surface area (Å²) in [5, 5.41) is 3.55. The predicted octanol–water partition coefficient (Wildman–Crippen LogP) is 3.24. The molecule has 0 fully saturated rings. The second-order valence-corrected chi connectivity index (χ2v) is 6.34. The molecular weight excluding hydrogens is 246 g/mol. The normalized spacial score (nSPS) is 13.8. The van der Waals surface area contributed by atoms with Gasteiger partial charge in [-0.15, -0.1) is 0 Å². The van der Waals surface area contributed by atoms with Crippen molar-refractivity contribution < 1.29 is 0 Å². The van der Waals surface area contributed by atoms with Crippen LogP contribution in [-0.2, 0) is 6.54 Å². The second kappa shape index (κ2) is 7.75. The zero-order valence-corrected chi connectivity index (χ0v) is 14.0. The molecule has 3 heteroatoms. The number of rotatable bonds is 8. The van der Waals surface area contributed by atoms with Gasteiger partial charge in [0.25, 0.3) is 0 Å². The van der Waals surface area contributed by atoms with Crippen LogP contribution in [0.25, 0.3) is 0 Å². The Morgan fingerprint density at radius 1 is 1.30 bits per heavy atom. The topological polar surface area (TPSA) is 28.2 Å². The first-order valence-electron chi connectivity index (χ1n) is 7.77. The fraction of sp³-hybridized carbons (Fsp3) is 0.706. The van der Waals surface area contributed by atoms with Crippen molar-refractivity contribution in [1.82, 2.24) is 15.2 Å². The summed E-state index contributed by atoms with van der Waals surface area (Å²) in [6.45, 7) is 17.5. The van der Waals surface area contributed by atoms with Gasteiger partial charge in [-0.05, 0) is 44.5 Å². The van der Waals surface area contributed by atoms with Crippen LogP contribution in [0.3, 0.4) is 0 Å². The maximum atomic E-state index is 4.61. The number of aromatic nitrogens is 1. The van der Waals surface area contributed by atoms with Crippen molar-refractivity contribution >= 4 is 0 Å². The van der Waals surface area contributed by atoms with Crippen LogP contribution in [0.1, 0.15) is 46.0 Å². The summed E-state index contributed by atoms with van der Waals surface area (Å²) in [6.07, 6.45) is 0. The number of hydrogen-bond donors (Lipinski definition) is 1. The molecule has 0 aliphatic rings. The van der Waals surface area contributed by atoms with Crippen LogP contribution < -0.4 is 5.32 Å². The summed E-state index contributed by atoms with van der Waals surface area (Å²) in [6, 6.07) is 6.78. The number of aryl methyl sites for hydroxylation is 1. The highest BCUT2D eigenvalue weighted by Gasteiger charge is 2.27. The summed E-state index contributed by atoms with van der Waals surface area (Å²) in [4.78, 5) is 7.10. The molecule has 0 saturated carbocycles. The van der Waals surface area contributed by atoms with E-state index < -0.39 is 0 Å². The van der Waals surface area contributed by atoms with Gasteiger partial charge in [-0.2, -0.15) is 0 Å². The first kappa shape index (κ1) is 17.1. The van der Waals surface area contributed by atoms with E-state index in [2.05, 4.69) is 74.9 Å². The van der Waals surface area contributed by atoms with E-state index in [1.807, 2.05) is 0 Å². The second-order valence-electron chi connectivity index (χ2n) is 6.34. The highest BCUT2D eigenvalue weighted by molar-refractivity contribution is 5.09. The third-order valence-electron chi connectivity index (χ3n) is 4.09. The standard InChI is InChI=1S/C17H31N3/c1-7-18-15(4)17(5,6)13-20(8-2)12-16-11-9-10-14(3)19-16/h9-11,15,18H,7-8,12-13H2,1-6H3. The largest absolute Gasteiger partial charge is 0.314 e. The van der Waals surface area contributed by atoms with E-state index in [1.165, 1.54) is 5.69 Å². The first-order chi connectivity index (χ1) is 9.39. The molecule has 20 heavy (non-hydrogen) atoms. The molecule has 0 saturated heterocycles. The lowest BCUT2D eigenvalue weighted by molar-refractivity contribution is 0.141. The van der Waals surface area contributed by atoms with Gasteiger partial charge in [-0.1, -0.05) is 33.8 Å². The summed E-state index contributed by atoms with van der Waals surface area (Å²) >= 11 is 0. The third-order valence-corrected chi connectivity index (χ3v) is 4.09. The summed E-state index contributed by atoms with van der Waals surface area (Å²) in [5.41, 5.74) is 2.51. The molecule has 0 spiro atoms. The minimum Gasteiger partial charge on any atom is -0.314 e. The van der Waals surface area contributed by atoms with Crippen molar-refractivity contribution in [2.75, 3.05) is 19.6 Å². The molecule has 1 atom stereocenters. The smallest absolute Gasteiger partial charge is 0.0547 e. The molecule has 0 amide bonds. The molecule has 0 aliphatic heterocycles. The lowest BCUT2D eigenvalue weighted by Crippen LogP contribution is -2.46. The summed E-state index contributed by atoms with van der Waals surface area (Å²) < 4.78 is 0. The van der Waals surface area contributed by atoms with Gasteiger partial charge in [0.1, 0.15) is 0 Å². The van der Waals surface area contributed by atoms with Crippen LogP contribution in [0.4, 0.5) is 0 Å². The van der Waals surface area contributed by atoms with Crippen LogP contribution >= 0.6 is 0 Å². The molecule has 114 valence electrons. The first-order valence-corrected chi connectivity index (χ1v) is 7.77. The SMILES string of the molecule is CCNC(C)C(C)(C)CN(CC)Cc1cccc(C)n1. The lowest BCUT2D eigenvalue weighted by Gasteiger charge is -2.37. The zero-order chi connectivity index (χ0) is 15.2. The van der Waals surface area contributed by atoms with Gasteiger partial charge in [0.05, 0.1) is 5.69 Å². The van der Waals surface area contributed by atoms with E-state index in [4.69, 9.17) is 0 Å². The minimum atomic E-state index is 0.246. The highest BCUT2D eigenvalue weighted by atomic mass is 15.1. The summed E-state index contributed by atoms with van der Waals surface area (Å²) in [7, 11) is 0. The van der Waals surface area contributed by atoms with Gasteiger partial charge in [0, 0.05) is 24.8 Å². The minimum absolute atomic E-state index is 0.246. The van der Waals surface area contributed by atoms with Crippen molar-refractivity contribution in [3.05, 3.63) is 29.6 Å². The average molecular weight is 277 g/mol. The van der Waals surface area contributed by atoms with Gasteiger partial charge < -0.3 is 5.32 Å². The summed E-state index contributed by atoms with van der Waals surface area (Å²) in [5.74, 6) is 0. The average Bonchev–Trinajstić information content (AvgIpc) is 2.38. The van der Waals surface area contributed by atoms with Crippen LogP contribution in [0.15, 0.2) is 18.2 Å². The molecule has 1 aromatic rings. The molecule has 1 N–H and O–H groups in total. The van der Waals surface area contributed by atoms with Crippen LogP contribution in [-0.4, -0.2) is 35.6 Å². The quantitative estimate of drug-likeness (QED) is 0.790. The van der Waals surface area contributed by atoms with Crippen molar-refractivity contribution in [1.29, 1.82) is 0 Å². The number of nitrogens with one attached hydrogen (secondary N) is 1. The fourth-order valence-electron chi connectivity index (χ4n) is 2.49. The van der Waals surface area contributed by atoms with Gasteiger partial charge in [0.15, 0.2) is 0 Å². The van der Waals surface area contributed by atoms with Crippen LogP contribution in [0.2, 0.25) is 0 Å². The van der Waals surface area contributed by atoms with Gasteiger partial charge in [-0.3, -0.25) is 9.88 Å². The molecule has 3 nitrogen and oxygen atoms in total. The van der Waals surface area contributed by atoms with E-state index in [0.717, 1.165) is 31.9 Å². The zero-order valence-electron chi connectivity index (χ0n) is 14.0. The highest BCUT2D eigenvalue weighted by Crippen LogP contribution is 2.22. The Balaban J connectivity index is 2.67. The van der Waals surface area contributed by atoms with Crippen molar-refractivity contribution in [2.24, 2.45) is 5.41 Å². The molecule has 1 rings (SSSR count). The number of nitrogens with zero attached hydrogens (tertiary/aromatic N) is 2. The molecule has 1 unspecified atom stereocenters. The number of hydrogen-bond acceptors (Lipinski definition) is 3. The van der Waals surface area contributed by atoms with Crippen molar-refractivity contribution in [2.45, 2.75) is 54.1 Å². The molecule has 0 radical (unpaired) electrons. The molecule has 1 heterocycles. The third kappa shape index (κ3) is 5.22. The maximum Gasteiger partial charge on any atom is 0.0547 e. The van der Waals surface area contributed by atoms with Gasteiger partial charge in [-0.25, -0.2) is 0 Å². The van der Waals surface area contributed by atoms with Crippen molar-refractivity contribution in [3.63, 3.8) is 0 Å². The maximum absolute atomic E-state index is 4.61. The molecule has 1 aromatic heterocycles. The Kier molecular flexibility index (Phi) is 6.63. The van der Waals surface area contributed by atoms with E-state index >= 15 is 0 Å². The Labute approximate surface area is 124 Å². The molecule has 0 aliphatic carbocycles. The van der Waals surface area contributed by atoms with Gasteiger partial charge in [0.2, 0.25) is 0 Å². The molecule has 0 bridgehead atoms. The van der Waals surface area contributed by atoms with E-state index in [0.29, 0.717) is 6.04 Å². The van der Waals surface area contributed by atoms with E-state index in [-0.39, 0.29) is 5.41 Å². The van der Waals surface area contributed by atoms with Gasteiger partial charge >= 0.3 is 0 Å². The lowest BCUT2D eigenvalue weighted by atomic mass is 9.84. The Hall–Kier alpha value is -0.930. The van der Waals surface area contributed by atoms with Crippen molar-refractivity contribution in [3.8, 4) is 0 Å². The fourth-order valence-corrected chi connectivity index (χ4v) is 2.49. The van der Waals surface area contributed by atoms with E-state index in [1.54, 1.807) is 0 Å².